The summed E-state index contributed by atoms with van der Waals surface area (Å²) < 4.78 is 42.4. The van der Waals surface area contributed by atoms with Crippen LogP contribution in [-0.4, -0.2) is 56.4 Å². The van der Waals surface area contributed by atoms with Crippen LogP contribution in [0.4, 0.5) is 21.6 Å². The van der Waals surface area contributed by atoms with Gasteiger partial charge in [-0.1, -0.05) is 24.3 Å². The van der Waals surface area contributed by atoms with Gasteiger partial charge in [-0.25, -0.2) is 22.6 Å². The van der Waals surface area contributed by atoms with E-state index in [4.69, 9.17) is 0 Å². The molecule has 4 aromatic rings. The summed E-state index contributed by atoms with van der Waals surface area (Å²) in [6, 6.07) is 18.1. The van der Waals surface area contributed by atoms with Crippen LogP contribution in [0.2, 0.25) is 0 Å². The average Bonchev–Trinajstić information content (AvgIpc) is 2.92. The third-order valence-corrected chi connectivity index (χ3v) is 8.04. The van der Waals surface area contributed by atoms with Crippen LogP contribution in [-0.2, 0) is 10.0 Å². The van der Waals surface area contributed by atoms with Gasteiger partial charge in [0.15, 0.2) is 5.78 Å². The molecule has 2 heterocycles. The number of carboxylic acids is 1. The largest absolute Gasteiger partial charge is 0.478 e. The number of sulfonamides is 1. The highest BCUT2D eigenvalue weighted by molar-refractivity contribution is 7.92. The van der Waals surface area contributed by atoms with Gasteiger partial charge in [-0.3, -0.25) is 9.52 Å². The molecule has 1 aromatic heterocycles. The number of aromatic carboxylic acids is 1. The number of hydrogen-bond acceptors (Lipinski definition) is 7. The molecule has 0 radical (unpaired) electrons. The van der Waals surface area contributed by atoms with Gasteiger partial charge in [0.1, 0.15) is 11.6 Å². The fraction of sp³-hybridized carbons (Fsp3) is 0.179. The third kappa shape index (κ3) is 5.39. The van der Waals surface area contributed by atoms with Crippen LogP contribution in [0, 0.1) is 5.82 Å². The summed E-state index contributed by atoms with van der Waals surface area (Å²) in [4.78, 5) is 32.1. The van der Waals surface area contributed by atoms with Crippen molar-refractivity contribution in [1.29, 1.82) is 0 Å². The number of nitrogens with one attached hydrogen (secondary N) is 1. The predicted molar refractivity (Wildman–Crippen MR) is 147 cm³/mol. The molecule has 3 aromatic carbocycles. The molecule has 1 saturated heterocycles. The molecule has 11 heteroatoms. The van der Waals surface area contributed by atoms with Crippen LogP contribution in [0.25, 0.3) is 10.9 Å². The molecule has 0 bridgehead atoms. The topological polar surface area (TPSA) is 120 Å². The van der Waals surface area contributed by atoms with Gasteiger partial charge in [-0.2, -0.15) is 0 Å². The zero-order valence-electron chi connectivity index (χ0n) is 21.0. The quantitative estimate of drug-likeness (QED) is 0.326. The number of rotatable bonds is 7. The first-order chi connectivity index (χ1) is 18.6. The van der Waals surface area contributed by atoms with Gasteiger partial charge in [0.05, 0.1) is 21.7 Å². The Morgan fingerprint density at radius 3 is 2.23 bits per heavy atom. The number of pyridine rings is 1. The van der Waals surface area contributed by atoms with Crippen LogP contribution in [0.1, 0.15) is 27.6 Å². The van der Waals surface area contributed by atoms with Crippen molar-refractivity contribution in [3.63, 3.8) is 0 Å². The highest BCUT2D eigenvalue weighted by atomic mass is 32.2. The molecule has 39 heavy (non-hydrogen) atoms. The van der Waals surface area contributed by atoms with Crippen molar-refractivity contribution >= 4 is 49.9 Å². The molecule has 0 atom stereocenters. The smallest absolute Gasteiger partial charge is 0.336 e. The minimum Gasteiger partial charge on any atom is -0.478 e. The van der Waals surface area contributed by atoms with Gasteiger partial charge < -0.3 is 14.9 Å². The van der Waals surface area contributed by atoms with E-state index in [1.807, 2.05) is 9.80 Å². The lowest BCUT2D eigenvalue weighted by molar-refractivity contribution is 0.0698. The van der Waals surface area contributed by atoms with Gasteiger partial charge in [-0.15, -0.1) is 0 Å². The van der Waals surface area contributed by atoms with E-state index in [0.717, 1.165) is 0 Å². The van der Waals surface area contributed by atoms with Gasteiger partial charge in [-0.05, 0) is 55.5 Å². The Hall–Kier alpha value is -4.51. The number of halogens is 1. The molecule has 9 nitrogen and oxygen atoms in total. The summed E-state index contributed by atoms with van der Waals surface area (Å²) in [6.07, 6.45) is 0. The Morgan fingerprint density at radius 2 is 1.59 bits per heavy atom. The molecule has 0 amide bonds. The second kappa shape index (κ2) is 10.3. The third-order valence-electron chi connectivity index (χ3n) is 6.65. The number of carbonyl (C=O) groups is 2. The summed E-state index contributed by atoms with van der Waals surface area (Å²) in [7, 11) is -3.98. The Balaban J connectivity index is 1.39. The molecular weight excluding hydrogens is 523 g/mol. The fourth-order valence-corrected chi connectivity index (χ4v) is 5.63. The van der Waals surface area contributed by atoms with E-state index in [9.17, 15) is 27.5 Å². The number of Topliss-reactive ketones (excluding diaryl/α,β-unsaturated/α-hetero) is 1. The number of fused-ring (bicyclic) bond motifs is 1. The van der Waals surface area contributed by atoms with Crippen molar-refractivity contribution in [3.05, 3.63) is 89.7 Å². The number of piperazine rings is 1. The molecule has 5 rings (SSSR count). The molecule has 0 spiro atoms. The maximum atomic E-state index is 14.2. The van der Waals surface area contributed by atoms with E-state index >= 15 is 0 Å². The van der Waals surface area contributed by atoms with Crippen molar-refractivity contribution in [2.75, 3.05) is 40.7 Å². The van der Waals surface area contributed by atoms with Gasteiger partial charge in [0, 0.05) is 42.8 Å². The SMILES string of the molecule is CC(=O)c1ccc(S(=O)(=O)Nc2ccc3nc(N4CCN(c5ccccc5F)CC4)cc(C(=O)O)c3c2)cc1. The Morgan fingerprint density at radius 1 is 0.923 bits per heavy atom. The Bertz CT molecular complexity index is 1680. The number of ketones is 1. The number of aromatic nitrogens is 1. The Labute approximate surface area is 224 Å². The summed E-state index contributed by atoms with van der Waals surface area (Å²) in [5.74, 6) is -1.16. The van der Waals surface area contributed by atoms with Gasteiger partial charge >= 0.3 is 5.97 Å². The minimum absolute atomic E-state index is 0.0154. The molecular formula is C28H25FN4O5S. The number of para-hydroxylation sites is 1. The predicted octanol–water partition coefficient (Wildman–Crippen LogP) is 4.40. The van der Waals surface area contributed by atoms with E-state index < -0.39 is 16.0 Å². The van der Waals surface area contributed by atoms with Crippen molar-refractivity contribution in [3.8, 4) is 0 Å². The van der Waals surface area contributed by atoms with Crippen LogP contribution < -0.4 is 14.5 Å². The highest BCUT2D eigenvalue weighted by Crippen LogP contribution is 2.29. The van der Waals surface area contributed by atoms with Crippen molar-refractivity contribution in [2.24, 2.45) is 0 Å². The van der Waals surface area contributed by atoms with E-state index in [2.05, 4.69) is 9.71 Å². The highest BCUT2D eigenvalue weighted by Gasteiger charge is 2.23. The molecule has 0 saturated carbocycles. The second-order valence-electron chi connectivity index (χ2n) is 9.18. The monoisotopic (exact) mass is 548 g/mol. The molecule has 1 aliphatic heterocycles. The lowest BCUT2D eigenvalue weighted by Crippen LogP contribution is -2.47. The minimum atomic E-state index is -3.98. The normalized spacial score (nSPS) is 13.9. The number of nitrogens with zero attached hydrogens (tertiary/aromatic N) is 3. The van der Waals surface area contributed by atoms with Crippen molar-refractivity contribution in [1.82, 2.24) is 4.98 Å². The van der Waals surface area contributed by atoms with E-state index in [-0.39, 0.29) is 33.1 Å². The first-order valence-corrected chi connectivity index (χ1v) is 13.7. The number of anilines is 3. The van der Waals surface area contributed by atoms with Crippen LogP contribution >= 0.6 is 0 Å². The summed E-state index contributed by atoms with van der Waals surface area (Å²) in [5.41, 5.74) is 1.48. The maximum absolute atomic E-state index is 14.2. The van der Waals surface area contributed by atoms with E-state index in [1.165, 1.54) is 55.5 Å². The summed E-state index contributed by atoms with van der Waals surface area (Å²) in [6.45, 7) is 3.51. The molecule has 200 valence electrons. The lowest BCUT2D eigenvalue weighted by atomic mass is 10.1. The zero-order valence-corrected chi connectivity index (χ0v) is 21.8. The maximum Gasteiger partial charge on any atom is 0.336 e. The molecule has 1 aliphatic rings. The fourth-order valence-electron chi connectivity index (χ4n) is 4.58. The number of hydrogen-bond donors (Lipinski definition) is 2. The van der Waals surface area contributed by atoms with Crippen molar-refractivity contribution in [2.45, 2.75) is 11.8 Å². The molecule has 1 fully saturated rings. The standard InChI is InChI=1S/C28H25FN4O5S/c1-18(34)19-6-9-21(10-7-19)39(37,38)31-20-8-11-25-22(16-20)23(28(35)36)17-27(30-25)33-14-12-32(13-15-33)26-5-3-2-4-24(26)29/h2-11,16-17,31H,12-15H2,1H3,(H,35,36). The molecule has 0 unspecified atom stereocenters. The molecule has 2 N–H and O–H groups in total. The average molecular weight is 549 g/mol. The lowest BCUT2D eigenvalue weighted by Gasteiger charge is -2.37. The first kappa shape index (κ1) is 26.1. The molecule has 0 aliphatic carbocycles. The van der Waals surface area contributed by atoms with Crippen LogP contribution in [0.3, 0.4) is 0 Å². The number of benzene rings is 3. The number of carboxylic acid groups (broad SMARTS) is 1. The van der Waals surface area contributed by atoms with Gasteiger partial charge in [0.2, 0.25) is 0 Å². The Kier molecular flexibility index (Phi) is 6.92. The first-order valence-electron chi connectivity index (χ1n) is 12.2. The van der Waals surface area contributed by atoms with Crippen LogP contribution in [0.15, 0.2) is 77.7 Å². The van der Waals surface area contributed by atoms with Crippen LogP contribution in [0.5, 0.6) is 0 Å². The summed E-state index contributed by atoms with van der Waals surface area (Å²) >= 11 is 0. The second-order valence-corrected chi connectivity index (χ2v) is 10.9. The number of carbonyl (C=O) groups excluding carboxylic acids is 1. The van der Waals surface area contributed by atoms with Crippen molar-refractivity contribution < 1.29 is 27.5 Å². The van der Waals surface area contributed by atoms with Gasteiger partial charge in [0.25, 0.3) is 10.0 Å². The van der Waals surface area contributed by atoms with E-state index in [0.29, 0.717) is 48.8 Å². The zero-order chi connectivity index (χ0) is 27.7. The van der Waals surface area contributed by atoms with E-state index in [1.54, 1.807) is 24.3 Å². The summed E-state index contributed by atoms with van der Waals surface area (Å²) in [5, 5.41) is 10.2.